The first-order valence-corrected chi connectivity index (χ1v) is 7.37. The molecule has 0 radical (unpaired) electrons. The maximum Gasteiger partial charge on any atom is 0.251 e. The lowest BCUT2D eigenvalue weighted by molar-refractivity contribution is 0.0954. The third kappa shape index (κ3) is 4.57. The summed E-state index contributed by atoms with van der Waals surface area (Å²) in [6.07, 6.45) is 0. The van der Waals surface area contributed by atoms with Crippen LogP contribution in [-0.2, 0) is 10.0 Å². The number of methoxy groups -OCH3 is 1. The molecule has 1 aromatic rings. The van der Waals surface area contributed by atoms with Crippen molar-refractivity contribution >= 4 is 28.3 Å². The molecular weight excluding hydrogens is 318 g/mol. The highest BCUT2D eigenvalue weighted by Crippen LogP contribution is 2.26. The van der Waals surface area contributed by atoms with Gasteiger partial charge in [-0.05, 0) is 18.2 Å². The number of rotatable bonds is 6. The van der Waals surface area contributed by atoms with E-state index in [1.54, 1.807) is 0 Å². The average Bonchev–Trinajstić information content (AvgIpc) is 2.43. The number of hydrogen-bond donors (Lipinski definition) is 2. The Balaban J connectivity index is 0.00000400. The Hall–Kier alpha value is -1.35. The number of carbonyl (C=O) groups is 1. The second-order valence-electron chi connectivity index (χ2n) is 4.20. The molecule has 0 unspecified atom stereocenters. The summed E-state index contributed by atoms with van der Waals surface area (Å²) in [6, 6.07) is 4.24. The van der Waals surface area contributed by atoms with Gasteiger partial charge in [-0.25, -0.2) is 12.7 Å². The smallest absolute Gasteiger partial charge is 0.251 e. The number of carbonyl (C=O) groups excluding carboxylic acids is 1. The minimum atomic E-state index is -3.69. The van der Waals surface area contributed by atoms with Crippen molar-refractivity contribution in [2.24, 2.45) is 5.73 Å². The number of nitrogens with one attached hydrogen (secondary N) is 1. The van der Waals surface area contributed by atoms with Crippen LogP contribution in [0.2, 0.25) is 0 Å². The van der Waals surface area contributed by atoms with Crippen LogP contribution < -0.4 is 15.8 Å². The number of amides is 1. The highest BCUT2D eigenvalue weighted by atomic mass is 35.5. The Kier molecular flexibility index (Phi) is 7.65. The molecule has 0 aliphatic rings. The van der Waals surface area contributed by atoms with Crippen molar-refractivity contribution in [2.75, 3.05) is 34.3 Å². The van der Waals surface area contributed by atoms with E-state index in [0.29, 0.717) is 13.1 Å². The van der Waals surface area contributed by atoms with Crippen LogP contribution in [0, 0.1) is 0 Å². The molecule has 0 saturated heterocycles. The molecule has 0 saturated carbocycles. The predicted octanol–water partition coefficient (Wildman–Crippen LogP) is 0.0558. The van der Waals surface area contributed by atoms with E-state index in [2.05, 4.69) is 5.32 Å². The zero-order valence-electron chi connectivity index (χ0n) is 12.1. The molecule has 0 aliphatic heterocycles. The topological polar surface area (TPSA) is 102 Å². The van der Waals surface area contributed by atoms with E-state index in [-0.39, 0.29) is 34.5 Å². The van der Waals surface area contributed by atoms with Crippen molar-refractivity contribution in [2.45, 2.75) is 4.90 Å². The van der Waals surface area contributed by atoms with Gasteiger partial charge in [0, 0.05) is 32.7 Å². The summed E-state index contributed by atoms with van der Waals surface area (Å²) in [5.74, 6) is -0.192. The monoisotopic (exact) mass is 337 g/mol. The van der Waals surface area contributed by atoms with Gasteiger partial charge in [0.15, 0.2) is 0 Å². The summed E-state index contributed by atoms with van der Waals surface area (Å²) in [7, 11) is 0.506. The molecule has 1 aromatic carbocycles. The normalized spacial score (nSPS) is 10.9. The predicted molar refractivity (Wildman–Crippen MR) is 82.5 cm³/mol. The van der Waals surface area contributed by atoms with Crippen molar-refractivity contribution in [3.63, 3.8) is 0 Å². The van der Waals surface area contributed by atoms with Gasteiger partial charge in [-0.3, -0.25) is 4.79 Å². The zero-order chi connectivity index (χ0) is 15.3. The van der Waals surface area contributed by atoms with Crippen LogP contribution in [0.4, 0.5) is 0 Å². The van der Waals surface area contributed by atoms with Crippen molar-refractivity contribution in [1.82, 2.24) is 9.62 Å². The molecule has 9 heteroatoms. The molecule has 3 N–H and O–H groups in total. The van der Waals surface area contributed by atoms with Crippen LogP contribution in [0.3, 0.4) is 0 Å². The Morgan fingerprint density at radius 3 is 2.48 bits per heavy atom. The van der Waals surface area contributed by atoms with Crippen LogP contribution in [-0.4, -0.2) is 52.9 Å². The van der Waals surface area contributed by atoms with Crippen molar-refractivity contribution < 1.29 is 17.9 Å². The summed E-state index contributed by atoms with van der Waals surface area (Å²) in [6.45, 7) is 0.630. The largest absolute Gasteiger partial charge is 0.495 e. The van der Waals surface area contributed by atoms with Gasteiger partial charge in [-0.15, -0.1) is 12.4 Å². The van der Waals surface area contributed by atoms with Gasteiger partial charge in [0.2, 0.25) is 10.0 Å². The lowest BCUT2D eigenvalue weighted by Gasteiger charge is -2.15. The van der Waals surface area contributed by atoms with E-state index >= 15 is 0 Å². The second kappa shape index (κ2) is 8.18. The molecule has 21 heavy (non-hydrogen) atoms. The summed E-state index contributed by atoms with van der Waals surface area (Å²) in [5.41, 5.74) is 5.54. The Bertz CT molecular complexity index is 590. The molecule has 1 rings (SSSR count). The second-order valence-corrected chi connectivity index (χ2v) is 6.32. The first kappa shape index (κ1) is 19.7. The summed E-state index contributed by atoms with van der Waals surface area (Å²) < 4.78 is 30.5. The summed E-state index contributed by atoms with van der Waals surface area (Å²) in [4.78, 5) is 11.8. The molecule has 0 heterocycles. The highest BCUT2D eigenvalue weighted by molar-refractivity contribution is 7.89. The molecule has 0 spiro atoms. The van der Waals surface area contributed by atoms with Gasteiger partial charge in [0.1, 0.15) is 10.6 Å². The standard InChI is InChI=1S/C12H19N3O4S.ClH/c1-15(2)20(17,18)11-8-9(4-5-10(11)19-3)12(16)14-7-6-13;/h4-5,8H,6-7,13H2,1-3H3,(H,14,16);1H. The van der Waals surface area contributed by atoms with E-state index in [1.165, 1.54) is 39.4 Å². The van der Waals surface area contributed by atoms with E-state index in [4.69, 9.17) is 10.5 Å². The van der Waals surface area contributed by atoms with Crippen molar-refractivity contribution in [3.8, 4) is 5.75 Å². The van der Waals surface area contributed by atoms with Crippen LogP contribution in [0.15, 0.2) is 23.1 Å². The number of sulfonamides is 1. The van der Waals surface area contributed by atoms with Gasteiger partial charge in [-0.1, -0.05) is 0 Å². The molecule has 1 amide bonds. The average molecular weight is 338 g/mol. The van der Waals surface area contributed by atoms with Crippen molar-refractivity contribution in [1.29, 1.82) is 0 Å². The maximum absolute atomic E-state index is 12.2. The molecule has 0 fully saturated rings. The van der Waals surface area contributed by atoms with Gasteiger partial charge in [-0.2, -0.15) is 0 Å². The van der Waals surface area contributed by atoms with Gasteiger partial charge in [0.25, 0.3) is 5.91 Å². The number of hydrogen-bond acceptors (Lipinski definition) is 5. The molecule has 0 aromatic heterocycles. The fourth-order valence-electron chi connectivity index (χ4n) is 1.50. The van der Waals surface area contributed by atoms with E-state index in [9.17, 15) is 13.2 Å². The molecular formula is C12H20ClN3O4S. The quantitative estimate of drug-likeness (QED) is 0.764. The highest BCUT2D eigenvalue weighted by Gasteiger charge is 2.23. The molecule has 7 nitrogen and oxygen atoms in total. The van der Waals surface area contributed by atoms with Gasteiger partial charge >= 0.3 is 0 Å². The van der Waals surface area contributed by atoms with Gasteiger partial charge < -0.3 is 15.8 Å². The number of ether oxygens (including phenoxy) is 1. The lowest BCUT2D eigenvalue weighted by Crippen LogP contribution is -2.29. The SMILES string of the molecule is COc1ccc(C(=O)NCCN)cc1S(=O)(=O)N(C)C.Cl. The fraction of sp³-hybridized carbons (Fsp3) is 0.417. The summed E-state index contributed by atoms with van der Waals surface area (Å²) >= 11 is 0. The Morgan fingerprint density at radius 2 is 2.00 bits per heavy atom. The summed E-state index contributed by atoms with van der Waals surface area (Å²) in [5, 5.41) is 2.58. The first-order valence-electron chi connectivity index (χ1n) is 5.93. The fourth-order valence-corrected chi connectivity index (χ4v) is 2.58. The maximum atomic E-state index is 12.2. The van der Waals surface area contributed by atoms with Crippen LogP contribution in [0.25, 0.3) is 0 Å². The van der Waals surface area contributed by atoms with Crippen LogP contribution in [0.5, 0.6) is 5.75 Å². The molecule has 0 atom stereocenters. The zero-order valence-corrected chi connectivity index (χ0v) is 13.8. The third-order valence-electron chi connectivity index (χ3n) is 2.61. The number of benzene rings is 1. The first-order chi connectivity index (χ1) is 9.34. The van der Waals surface area contributed by atoms with E-state index < -0.39 is 10.0 Å². The van der Waals surface area contributed by atoms with Crippen molar-refractivity contribution in [3.05, 3.63) is 23.8 Å². The van der Waals surface area contributed by atoms with Gasteiger partial charge in [0.05, 0.1) is 7.11 Å². The molecule has 0 aliphatic carbocycles. The molecule has 0 bridgehead atoms. The van der Waals surface area contributed by atoms with E-state index in [0.717, 1.165) is 4.31 Å². The Labute approximate surface area is 130 Å². The van der Waals surface area contributed by atoms with E-state index in [1.807, 2.05) is 0 Å². The lowest BCUT2D eigenvalue weighted by atomic mass is 10.2. The Morgan fingerprint density at radius 1 is 1.38 bits per heavy atom. The number of halogens is 1. The molecule has 120 valence electrons. The van der Waals surface area contributed by atoms with Crippen LogP contribution in [0.1, 0.15) is 10.4 Å². The van der Waals surface area contributed by atoms with Crippen LogP contribution >= 0.6 is 12.4 Å². The number of nitrogens with zero attached hydrogens (tertiary/aromatic N) is 1. The minimum Gasteiger partial charge on any atom is -0.495 e. The third-order valence-corrected chi connectivity index (χ3v) is 4.45. The number of nitrogens with two attached hydrogens (primary N) is 1. The minimum absolute atomic E-state index is 0.